The van der Waals surface area contributed by atoms with Crippen LogP contribution in [0.15, 0.2) is 42.9 Å². The molecule has 0 saturated heterocycles. The minimum Gasteiger partial charge on any atom is -0.484 e. The summed E-state index contributed by atoms with van der Waals surface area (Å²) in [5.74, 6) is 1.24. The van der Waals surface area contributed by atoms with Gasteiger partial charge in [0.25, 0.3) is 5.78 Å². The maximum absolute atomic E-state index is 8.77. The summed E-state index contributed by atoms with van der Waals surface area (Å²) in [6.45, 7) is 1.93. The third-order valence-electron chi connectivity index (χ3n) is 2.92. The molecular weight excluding hydrogens is 254 g/mol. The Morgan fingerprint density at radius 1 is 1.20 bits per heavy atom. The fourth-order valence-electron chi connectivity index (χ4n) is 1.94. The summed E-state index contributed by atoms with van der Waals surface area (Å²) >= 11 is 0. The highest BCUT2D eigenvalue weighted by atomic mass is 16.5. The molecule has 0 N–H and O–H groups in total. The van der Waals surface area contributed by atoms with Gasteiger partial charge in [-0.25, -0.2) is 4.98 Å². The van der Waals surface area contributed by atoms with Gasteiger partial charge in [0.2, 0.25) is 0 Å². The monoisotopic (exact) mass is 265 g/mol. The van der Waals surface area contributed by atoms with Gasteiger partial charge in [0.05, 0.1) is 17.3 Å². The Kier molecular flexibility index (Phi) is 3.01. The second-order valence-corrected chi connectivity index (χ2v) is 4.24. The summed E-state index contributed by atoms with van der Waals surface area (Å²) in [7, 11) is 0. The predicted molar refractivity (Wildman–Crippen MR) is 71.0 cm³/mol. The van der Waals surface area contributed by atoms with Crippen molar-refractivity contribution in [2.75, 3.05) is 0 Å². The summed E-state index contributed by atoms with van der Waals surface area (Å²) in [6, 6.07) is 10.9. The average molecular weight is 265 g/mol. The Bertz CT molecular complexity index is 772. The second-order valence-electron chi connectivity index (χ2n) is 4.24. The van der Waals surface area contributed by atoms with E-state index in [4.69, 9.17) is 10.00 Å². The van der Waals surface area contributed by atoms with Crippen molar-refractivity contribution in [3.63, 3.8) is 0 Å². The first-order valence-corrected chi connectivity index (χ1v) is 6.09. The highest BCUT2D eigenvalue weighted by Gasteiger charge is 2.12. The molecule has 2 aromatic heterocycles. The lowest BCUT2D eigenvalue weighted by molar-refractivity contribution is 0.218. The largest absolute Gasteiger partial charge is 0.484 e. The highest BCUT2D eigenvalue weighted by molar-refractivity contribution is 5.35. The third kappa shape index (κ3) is 2.17. The molecule has 98 valence electrons. The molecule has 1 unspecified atom stereocenters. The van der Waals surface area contributed by atoms with Crippen LogP contribution in [0.3, 0.4) is 0 Å². The lowest BCUT2D eigenvalue weighted by Gasteiger charge is -2.15. The number of hydrogen-bond donors (Lipinski definition) is 0. The van der Waals surface area contributed by atoms with E-state index in [2.05, 4.69) is 21.1 Å². The Hall–Kier alpha value is -2.94. The number of nitrogens with zero attached hydrogens (tertiary/aromatic N) is 5. The quantitative estimate of drug-likeness (QED) is 0.725. The van der Waals surface area contributed by atoms with Crippen LogP contribution in [0.5, 0.6) is 5.75 Å². The fraction of sp³-hybridized carbons (Fsp3) is 0.143. The number of benzene rings is 1. The van der Waals surface area contributed by atoms with E-state index >= 15 is 0 Å². The van der Waals surface area contributed by atoms with Crippen LogP contribution >= 0.6 is 0 Å². The average Bonchev–Trinajstić information content (AvgIpc) is 2.96. The molecule has 0 bridgehead atoms. The molecule has 0 aliphatic rings. The number of ether oxygens (including phenoxy) is 1. The van der Waals surface area contributed by atoms with Gasteiger partial charge in [-0.1, -0.05) is 0 Å². The van der Waals surface area contributed by atoms with Crippen LogP contribution < -0.4 is 4.74 Å². The molecule has 1 aromatic carbocycles. The zero-order chi connectivity index (χ0) is 13.9. The van der Waals surface area contributed by atoms with Crippen molar-refractivity contribution in [3.8, 4) is 11.8 Å². The number of fused-ring (bicyclic) bond motifs is 1. The first-order chi connectivity index (χ1) is 9.78. The minimum absolute atomic E-state index is 0.213. The van der Waals surface area contributed by atoms with Crippen molar-refractivity contribution in [1.29, 1.82) is 5.26 Å². The van der Waals surface area contributed by atoms with Crippen molar-refractivity contribution >= 4 is 5.78 Å². The first kappa shape index (κ1) is 12.1. The molecule has 0 amide bonds. The predicted octanol–water partition coefficient (Wildman–Crippen LogP) is 2.14. The van der Waals surface area contributed by atoms with Crippen LogP contribution in [0.2, 0.25) is 0 Å². The molecular formula is C14H11N5O. The van der Waals surface area contributed by atoms with Crippen molar-refractivity contribution in [1.82, 2.24) is 19.6 Å². The van der Waals surface area contributed by atoms with Crippen LogP contribution in [-0.4, -0.2) is 19.6 Å². The van der Waals surface area contributed by atoms with E-state index in [1.165, 1.54) is 6.33 Å². The number of rotatable bonds is 3. The van der Waals surface area contributed by atoms with Gasteiger partial charge < -0.3 is 4.74 Å². The van der Waals surface area contributed by atoms with E-state index in [0.717, 1.165) is 5.69 Å². The van der Waals surface area contributed by atoms with Crippen LogP contribution in [0.25, 0.3) is 5.78 Å². The van der Waals surface area contributed by atoms with Crippen LogP contribution in [0.4, 0.5) is 0 Å². The molecule has 2 heterocycles. The highest BCUT2D eigenvalue weighted by Crippen LogP contribution is 2.21. The summed E-state index contributed by atoms with van der Waals surface area (Å²) in [6.07, 6.45) is 2.92. The molecule has 1 atom stereocenters. The van der Waals surface area contributed by atoms with Gasteiger partial charge in [-0.3, -0.25) is 0 Å². The summed E-state index contributed by atoms with van der Waals surface area (Å²) < 4.78 is 7.50. The van der Waals surface area contributed by atoms with E-state index in [1.807, 2.05) is 13.0 Å². The van der Waals surface area contributed by atoms with Crippen LogP contribution in [0, 0.1) is 11.3 Å². The number of aromatic nitrogens is 4. The lowest BCUT2D eigenvalue weighted by Crippen LogP contribution is -2.10. The molecule has 0 aliphatic carbocycles. The Balaban J connectivity index is 1.87. The molecule has 6 heteroatoms. The lowest BCUT2D eigenvalue weighted by atomic mass is 10.2. The van der Waals surface area contributed by atoms with Gasteiger partial charge in [0.1, 0.15) is 18.2 Å². The second kappa shape index (κ2) is 4.97. The molecule has 0 saturated carbocycles. The molecule has 0 radical (unpaired) electrons. The maximum atomic E-state index is 8.77. The van der Waals surface area contributed by atoms with Gasteiger partial charge in [0, 0.05) is 6.20 Å². The van der Waals surface area contributed by atoms with Crippen molar-refractivity contribution in [2.24, 2.45) is 0 Å². The van der Waals surface area contributed by atoms with Gasteiger partial charge >= 0.3 is 0 Å². The fourth-order valence-corrected chi connectivity index (χ4v) is 1.94. The Morgan fingerprint density at radius 3 is 2.75 bits per heavy atom. The molecule has 20 heavy (non-hydrogen) atoms. The van der Waals surface area contributed by atoms with Crippen molar-refractivity contribution < 1.29 is 4.74 Å². The normalized spacial score (nSPS) is 12.0. The molecule has 6 nitrogen and oxygen atoms in total. The minimum atomic E-state index is -0.213. The smallest absolute Gasteiger partial charge is 0.252 e. The van der Waals surface area contributed by atoms with Gasteiger partial charge in [-0.15, -0.1) is 0 Å². The molecule has 3 rings (SSSR count). The number of hydrogen-bond acceptors (Lipinski definition) is 5. The zero-order valence-corrected chi connectivity index (χ0v) is 10.8. The molecule has 0 aliphatic heterocycles. The third-order valence-corrected chi connectivity index (χ3v) is 2.92. The Labute approximate surface area is 115 Å². The molecule has 3 aromatic rings. The van der Waals surface area contributed by atoms with Crippen molar-refractivity contribution in [3.05, 3.63) is 54.1 Å². The SMILES string of the molecule is CC(Oc1ccc(C#N)cc1)c1ccnc2ncnn12. The maximum Gasteiger partial charge on any atom is 0.252 e. The first-order valence-electron chi connectivity index (χ1n) is 6.09. The van der Waals surface area contributed by atoms with Gasteiger partial charge in [-0.2, -0.15) is 19.9 Å². The van der Waals surface area contributed by atoms with E-state index in [1.54, 1.807) is 35.0 Å². The standard InChI is InChI=1S/C14H11N5O/c1-10(20-12-4-2-11(8-15)3-5-12)13-6-7-16-14-17-9-18-19(13)14/h2-7,9-10H,1H3. The van der Waals surface area contributed by atoms with Gasteiger partial charge in [-0.05, 0) is 37.3 Å². The zero-order valence-electron chi connectivity index (χ0n) is 10.8. The van der Waals surface area contributed by atoms with E-state index in [9.17, 15) is 0 Å². The topological polar surface area (TPSA) is 76.1 Å². The van der Waals surface area contributed by atoms with E-state index < -0.39 is 0 Å². The number of nitriles is 1. The summed E-state index contributed by atoms with van der Waals surface area (Å²) in [4.78, 5) is 8.15. The van der Waals surface area contributed by atoms with Crippen molar-refractivity contribution in [2.45, 2.75) is 13.0 Å². The summed E-state index contributed by atoms with van der Waals surface area (Å²) in [5, 5.41) is 12.9. The summed E-state index contributed by atoms with van der Waals surface area (Å²) in [5.41, 5.74) is 1.46. The van der Waals surface area contributed by atoms with Gasteiger partial charge in [0.15, 0.2) is 0 Å². The van der Waals surface area contributed by atoms with E-state index in [-0.39, 0.29) is 6.10 Å². The van der Waals surface area contributed by atoms with E-state index in [0.29, 0.717) is 17.1 Å². The Morgan fingerprint density at radius 2 is 2.00 bits per heavy atom. The molecule has 0 fully saturated rings. The van der Waals surface area contributed by atoms with Crippen LogP contribution in [-0.2, 0) is 0 Å². The van der Waals surface area contributed by atoms with Crippen LogP contribution in [0.1, 0.15) is 24.3 Å². The molecule has 0 spiro atoms.